The maximum Gasteiger partial charge on any atom is 0.475 e. The van der Waals surface area contributed by atoms with Crippen LogP contribution in [-0.4, -0.2) is 224 Å². The van der Waals surface area contributed by atoms with Crippen LogP contribution in [0, 0.1) is 13.8 Å². The summed E-state index contributed by atoms with van der Waals surface area (Å²) in [4.78, 5) is 178. The molecule has 4 aliphatic rings. The zero-order valence-electron chi connectivity index (χ0n) is 63.7. The number of benzene rings is 1. The smallest absolute Gasteiger partial charge is 0.394 e. The molecule has 55 heteroatoms. The maximum atomic E-state index is 16.0. The Balaban J connectivity index is 0.938. The number of hydrogen-bond acceptors (Lipinski definition) is 41. The van der Waals surface area contributed by atoms with E-state index < -0.39 is 239 Å². The minimum absolute atomic E-state index is 0.0133. The number of aryl methyl sites for hydroxylation is 2. The summed E-state index contributed by atoms with van der Waals surface area (Å²) in [5.74, 6) is -2.23. The monoisotopic (exact) mass is 1830 g/mol. The summed E-state index contributed by atoms with van der Waals surface area (Å²) < 4.78 is 156. The van der Waals surface area contributed by atoms with E-state index in [2.05, 4.69) is 45.2 Å². The molecule has 6 aromatic heterocycles. The van der Waals surface area contributed by atoms with Gasteiger partial charge in [-0.3, -0.25) is 136 Å². The summed E-state index contributed by atoms with van der Waals surface area (Å²) in [6.45, 7) is 1.31. The van der Waals surface area contributed by atoms with Crippen molar-refractivity contribution in [1.82, 2.24) is 58.1 Å². The number of carbonyl (C=O) groups excluding carboxylic acids is 5. The van der Waals surface area contributed by atoms with E-state index in [4.69, 9.17) is 74.4 Å². The minimum atomic E-state index is -5.38. The summed E-state index contributed by atoms with van der Waals surface area (Å²) >= 11 is 3.00. The van der Waals surface area contributed by atoms with Crippen LogP contribution in [0.25, 0.3) is 22.3 Å². The van der Waals surface area contributed by atoms with E-state index in [1.54, 1.807) is 6.07 Å². The normalized spacial score (nSPS) is 24.0. The van der Waals surface area contributed by atoms with Gasteiger partial charge in [0.05, 0.1) is 72.1 Å². The molecular weight excluding hydrogens is 1740 g/mol. The lowest BCUT2D eigenvalue weighted by Gasteiger charge is -2.28. The molecule has 4 saturated heterocycles. The number of aromatic nitrogens is 12. The van der Waals surface area contributed by atoms with Crippen LogP contribution in [0.2, 0.25) is 0 Å². The van der Waals surface area contributed by atoms with Crippen LogP contribution in [0.15, 0.2) is 78.1 Å². The van der Waals surface area contributed by atoms with Gasteiger partial charge in [-0.1, -0.05) is 65.2 Å². The van der Waals surface area contributed by atoms with Gasteiger partial charge in [0.1, 0.15) is 73.7 Å². The largest absolute Gasteiger partial charge is 0.475 e. The number of anilines is 2. The van der Waals surface area contributed by atoms with Crippen LogP contribution in [-0.2, 0) is 113 Å². The first-order valence-electron chi connectivity index (χ1n) is 36.0. The van der Waals surface area contributed by atoms with E-state index in [0.717, 1.165) is 75.0 Å². The van der Waals surface area contributed by atoms with Crippen molar-refractivity contribution >= 4 is 139 Å². The number of phosphoric ester groups is 4. The lowest BCUT2D eigenvalue weighted by molar-refractivity contribution is -0.109. The van der Waals surface area contributed by atoms with Crippen molar-refractivity contribution in [2.75, 3.05) is 86.9 Å². The quantitative estimate of drug-likeness (QED) is 0.0195. The van der Waals surface area contributed by atoms with Crippen LogP contribution in [0.5, 0.6) is 0 Å². The van der Waals surface area contributed by atoms with Gasteiger partial charge in [0.2, 0.25) is 11.9 Å². The van der Waals surface area contributed by atoms with Gasteiger partial charge in [0.25, 0.3) is 28.1 Å². The van der Waals surface area contributed by atoms with E-state index >= 15 is 13.7 Å². The number of nitrogens with zero attached hydrogens (tertiary/aromatic N) is 8. The van der Waals surface area contributed by atoms with Gasteiger partial charge >= 0.3 is 42.7 Å². The predicted molar refractivity (Wildman–Crippen MR) is 421 cm³/mol. The maximum absolute atomic E-state index is 16.0. The second-order valence-electron chi connectivity index (χ2n) is 26.3. The number of carbonyl (C=O) groups is 5. The van der Waals surface area contributed by atoms with Crippen LogP contribution < -0.4 is 44.7 Å². The molecule has 10 N–H and O–H groups in total. The molecule has 1 amide bonds. The third-order valence-corrected chi connectivity index (χ3v) is 26.4. The molecule has 119 heavy (non-hydrogen) atoms. The van der Waals surface area contributed by atoms with Crippen LogP contribution in [0.1, 0.15) is 105 Å². The molecule has 47 nitrogen and oxygen atoms in total. The molecular formula is C64H82N14O33P4S4. The molecule has 4 fully saturated rings. The average Bonchev–Trinajstić information content (AvgIpc) is 1.63. The summed E-state index contributed by atoms with van der Waals surface area (Å²) in [6, 6.07) is 6.01. The first-order chi connectivity index (χ1) is 56.5. The number of aromatic amines is 4. The van der Waals surface area contributed by atoms with Crippen molar-refractivity contribution in [3.05, 3.63) is 134 Å². The number of rotatable bonds is 41. The van der Waals surface area contributed by atoms with Gasteiger partial charge in [0, 0.05) is 105 Å². The number of phosphoric acid groups is 4. The summed E-state index contributed by atoms with van der Waals surface area (Å²) in [5, 5.41) is 21.6. The van der Waals surface area contributed by atoms with Crippen molar-refractivity contribution < 1.29 is 126 Å². The second kappa shape index (κ2) is 40.9. The molecule has 7 aromatic rings. The third-order valence-electron chi connectivity index (χ3n) is 17.8. The standard InChI is InChI=1S/C64H82N14O33P4S4/c1-32-23-75(63(90)73-56(32)85)48-19-40(44(26-80)104-48)109-113(94,98-12-16-117-35(4)82)102-28-47-43(22-51(107-47)78-31-67-53-55(78)69-62(72-60(53)89)71-58(87)39-10-8-7-9-38(39)25-79)111-115(96,100-14-18-119-37(6)84)103-29-46-42(21-50(106-46)77-30-66-52-54(77)68-61(65)70-59(52)88)110-114(95,99-13-17-118-36(5)83)101-27-45-41(108-112(92,93)97-11-15-116-34(3)81)20-49(105-45)76-24-33(2)57(86)74-64(76)91/h7-10,23-24,30-31,40-51,79-80H,11-22,25-29H2,1-6H3,(H,92,93)(H,73,85,90)(H,74,86,91)(H3,65,68,70,88)(H2,69,71,72,87,89)/t40-,41-,42-,43-,44+,45+,46+,47+,48+,49+,50+,51+,113?,114?,115?/m0/s1. The summed E-state index contributed by atoms with van der Waals surface area (Å²) in [5.41, 5.74) is 0.335. The number of imidazole rings is 2. The number of hydrogen-bond donors (Lipinski definition) is 9. The van der Waals surface area contributed by atoms with Gasteiger partial charge in [-0.05, 0) is 25.5 Å². The Bertz CT molecular complexity index is 5470. The molecule has 0 radical (unpaired) electrons. The Morgan fingerprint density at radius 2 is 0.891 bits per heavy atom. The van der Waals surface area contributed by atoms with Crippen molar-refractivity contribution in [3.8, 4) is 0 Å². The Hall–Kier alpha value is -7.17. The minimum Gasteiger partial charge on any atom is -0.394 e. The Morgan fingerprint density at radius 3 is 1.31 bits per heavy atom. The number of amides is 1. The number of ether oxygens (including phenoxy) is 4. The van der Waals surface area contributed by atoms with Crippen molar-refractivity contribution in [2.45, 2.75) is 148 Å². The molecule has 650 valence electrons. The highest BCUT2D eigenvalue weighted by Gasteiger charge is 2.51. The van der Waals surface area contributed by atoms with Crippen molar-refractivity contribution in [1.29, 1.82) is 0 Å². The van der Waals surface area contributed by atoms with Gasteiger partial charge < -0.3 is 39.8 Å². The molecule has 0 bridgehead atoms. The Labute approximate surface area is 687 Å². The zero-order chi connectivity index (χ0) is 85.8. The lowest BCUT2D eigenvalue weighted by Crippen LogP contribution is -2.33. The van der Waals surface area contributed by atoms with E-state index in [-0.39, 0.29) is 90.2 Å². The van der Waals surface area contributed by atoms with Gasteiger partial charge in [0.15, 0.2) is 42.8 Å². The molecule has 0 aliphatic carbocycles. The summed E-state index contributed by atoms with van der Waals surface area (Å²) in [7, 11) is -20.9. The average molecular weight is 1830 g/mol. The number of fused-ring (bicyclic) bond motifs is 2. The second-order valence-corrected chi connectivity index (χ2v) is 37.7. The molecule has 0 spiro atoms. The molecule has 1 aromatic carbocycles. The fraction of sp³-hybridized carbons (Fsp3) is 0.547. The van der Waals surface area contributed by atoms with Crippen molar-refractivity contribution in [2.24, 2.45) is 0 Å². The SMILES string of the molecule is CC(=O)SCCOP(=O)(O)O[C@H]1C[C@H](n2cc(C)c(=O)[nH]c2=O)O[C@@H]1COP(=O)(OCCSC(C)=O)O[C@H]1C[C@H](n2cnc3c(=O)[nH]c(N)nc32)O[C@@H]1COP(=O)(OCCSC(C)=O)O[C@H]1C[C@H](n2cnc3c(=O)[nH]c(NC(=O)c4ccccc4CO)nc32)O[C@@H]1COP(=O)(OCCSC(C)=O)O[C@H]1C[C@H](n2cc(C)c(=O)[nH]c2=O)O[C@@H]1CO. The van der Waals surface area contributed by atoms with Gasteiger partial charge in [-0.15, -0.1) is 0 Å². The topological polar surface area (TPSA) is 628 Å². The number of H-pyrrole nitrogens is 4. The van der Waals surface area contributed by atoms with Gasteiger partial charge in [-0.2, -0.15) is 9.97 Å². The molecule has 16 atom stereocenters. The van der Waals surface area contributed by atoms with Crippen LogP contribution in [0.3, 0.4) is 0 Å². The molecule has 4 unspecified atom stereocenters. The molecule has 4 aliphatic heterocycles. The first kappa shape index (κ1) is 92.5. The Morgan fingerprint density at radius 1 is 0.513 bits per heavy atom. The van der Waals surface area contributed by atoms with Gasteiger partial charge in [-0.25, -0.2) is 37.8 Å². The number of aliphatic hydroxyl groups is 2. The number of nitrogens with two attached hydrogens (primary N) is 1. The van der Waals surface area contributed by atoms with E-state index in [9.17, 15) is 72.4 Å². The fourth-order valence-corrected chi connectivity index (χ4v) is 19.8. The van der Waals surface area contributed by atoms with E-state index in [0.29, 0.717) is 0 Å². The molecule has 0 saturated carbocycles. The fourth-order valence-electron chi connectivity index (χ4n) is 12.4. The van der Waals surface area contributed by atoms with E-state index in [1.165, 1.54) is 75.1 Å². The highest BCUT2D eigenvalue weighted by Crippen LogP contribution is 2.59. The van der Waals surface area contributed by atoms with Crippen LogP contribution >= 0.6 is 78.3 Å². The number of nitrogens with one attached hydrogen (secondary N) is 5. The number of nitrogen functional groups attached to an aromatic ring is 1. The predicted octanol–water partition coefficient (Wildman–Crippen LogP) is 3.64. The zero-order valence-corrected chi connectivity index (χ0v) is 70.6. The Kier molecular flexibility index (Phi) is 31.8. The third kappa shape index (κ3) is 24.4. The highest BCUT2D eigenvalue weighted by atomic mass is 32.2. The number of aliphatic hydroxyl groups excluding tert-OH is 2. The number of thioether (sulfide) groups is 4. The van der Waals surface area contributed by atoms with Crippen LogP contribution in [0.4, 0.5) is 11.9 Å². The molecule has 10 heterocycles. The molecule has 11 rings (SSSR count). The first-order valence-corrected chi connectivity index (χ1v) is 45.8. The summed E-state index contributed by atoms with van der Waals surface area (Å²) in [6.07, 6.45) is -15.6. The van der Waals surface area contributed by atoms with Crippen molar-refractivity contribution in [3.63, 3.8) is 0 Å². The van der Waals surface area contributed by atoms with E-state index in [1.807, 2.05) is 0 Å². The lowest BCUT2D eigenvalue weighted by atomic mass is 10.1. The highest BCUT2D eigenvalue weighted by molar-refractivity contribution is 8.14.